The lowest BCUT2D eigenvalue weighted by atomic mass is 10.2. The maximum absolute atomic E-state index is 11.5. The average Bonchev–Trinajstić information content (AvgIpc) is 2.51. The van der Waals surface area contributed by atoms with Crippen LogP contribution in [-0.2, 0) is 4.74 Å². The van der Waals surface area contributed by atoms with Gasteiger partial charge in [0.2, 0.25) is 0 Å². The van der Waals surface area contributed by atoms with Crippen LogP contribution in [0.1, 0.15) is 16.8 Å². The van der Waals surface area contributed by atoms with Gasteiger partial charge >= 0.3 is 5.97 Å². The van der Waals surface area contributed by atoms with Crippen molar-refractivity contribution in [2.24, 2.45) is 0 Å². The Hall–Kier alpha value is -1.42. The molecule has 0 saturated heterocycles. The molecule has 1 aromatic carbocycles. The quantitative estimate of drug-likeness (QED) is 0.709. The van der Waals surface area contributed by atoms with Gasteiger partial charge in [-0.1, -0.05) is 11.6 Å². The predicted molar refractivity (Wildman–Crippen MR) is 58.4 cm³/mol. The Morgan fingerprint density at radius 1 is 1.38 bits per heavy atom. The molecule has 0 radical (unpaired) electrons. The number of esters is 1. The van der Waals surface area contributed by atoms with Crippen LogP contribution in [0.2, 0.25) is 5.02 Å². The summed E-state index contributed by atoms with van der Waals surface area (Å²) in [6, 6.07) is 3.15. The Labute approximate surface area is 98.1 Å². The fourth-order valence-electron chi connectivity index (χ4n) is 1.50. The zero-order valence-electron chi connectivity index (χ0n) is 8.79. The molecule has 1 aromatic rings. The number of ether oxygens (including phenoxy) is 3. The molecule has 1 aliphatic heterocycles. The van der Waals surface area contributed by atoms with Gasteiger partial charge in [-0.05, 0) is 6.07 Å². The van der Waals surface area contributed by atoms with Crippen LogP contribution in [0.5, 0.6) is 11.5 Å². The van der Waals surface area contributed by atoms with Crippen molar-refractivity contribution in [1.82, 2.24) is 0 Å². The fraction of sp³-hybridized carbons (Fsp3) is 0.364. The molecule has 0 fully saturated rings. The van der Waals surface area contributed by atoms with E-state index >= 15 is 0 Å². The fourth-order valence-corrected chi connectivity index (χ4v) is 1.71. The second-order valence-electron chi connectivity index (χ2n) is 3.32. The number of hydrogen-bond acceptors (Lipinski definition) is 4. The minimum Gasteiger partial charge on any atom is -0.489 e. The van der Waals surface area contributed by atoms with Crippen LogP contribution < -0.4 is 9.47 Å². The summed E-state index contributed by atoms with van der Waals surface area (Å²) < 4.78 is 15.6. The lowest BCUT2D eigenvalue weighted by molar-refractivity contribution is 0.0596. The summed E-state index contributed by atoms with van der Waals surface area (Å²) in [5.74, 6) is 0.420. The van der Waals surface area contributed by atoms with Crippen molar-refractivity contribution in [1.29, 1.82) is 0 Å². The molecule has 0 bridgehead atoms. The van der Waals surface area contributed by atoms with Crippen molar-refractivity contribution in [2.45, 2.75) is 6.42 Å². The largest absolute Gasteiger partial charge is 0.489 e. The van der Waals surface area contributed by atoms with Gasteiger partial charge in [-0.3, -0.25) is 0 Å². The molecule has 0 aliphatic carbocycles. The lowest BCUT2D eigenvalue weighted by Crippen LogP contribution is -2.06. The van der Waals surface area contributed by atoms with E-state index in [1.54, 1.807) is 6.07 Å². The minimum absolute atomic E-state index is 0.298. The van der Waals surface area contributed by atoms with Crippen molar-refractivity contribution in [3.05, 3.63) is 22.7 Å². The Kier molecular flexibility index (Phi) is 3.19. The van der Waals surface area contributed by atoms with Crippen LogP contribution in [0.25, 0.3) is 0 Å². The highest BCUT2D eigenvalue weighted by atomic mass is 35.5. The number of benzene rings is 1. The zero-order chi connectivity index (χ0) is 11.5. The van der Waals surface area contributed by atoms with Gasteiger partial charge in [0.15, 0.2) is 11.5 Å². The molecule has 1 aliphatic rings. The number of fused-ring (bicyclic) bond motifs is 1. The summed E-state index contributed by atoms with van der Waals surface area (Å²) in [5.41, 5.74) is 0.298. The van der Waals surface area contributed by atoms with Gasteiger partial charge in [-0.2, -0.15) is 0 Å². The van der Waals surface area contributed by atoms with E-state index in [2.05, 4.69) is 4.74 Å². The lowest BCUT2D eigenvalue weighted by Gasteiger charge is -2.11. The van der Waals surface area contributed by atoms with Crippen LogP contribution in [0.3, 0.4) is 0 Å². The highest BCUT2D eigenvalue weighted by Crippen LogP contribution is 2.36. The highest BCUT2D eigenvalue weighted by molar-refractivity contribution is 6.31. The van der Waals surface area contributed by atoms with Crippen molar-refractivity contribution in [2.75, 3.05) is 20.3 Å². The maximum Gasteiger partial charge on any atom is 0.341 e. The first-order valence-corrected chi connectivity index (χ1v) is 5.27. The summed E-state index contributed by atoms with van der Waals surface area (Å²) in [5, 5.41) is 0.421. The van der Waals surface area contributed by atoms with Gasteiger partial charge in [0, 0.05) is 17.5 Å². The number of carbonyl (C=O) groups is 1. The normalized spacial score (nSPS) is 14.1. The first kappa shape index (κ1) is 11.1. The van der Waals surface area contributed by atoms with Gasteiger partial charge < -0.3 is 14.2 Å². The van der Waals surface area contributed by atoms with Crippen molar-refractivity contribution >= 4 is 17.6 Å². The van der Waals surface area contributed by atoms with E-state index in [1.807, 2.05) is 0 Å². The topological polar surface area (TPSA) is 44.8 Å². The monoisotopic (exact) mass is 242 g/mol. The standard InChI is InChI=1S/C11H11ClO4/c1-14-11(13)8-5-7(12)6-9-10(8)16-4-2-3-15-9/h5-6H,2-4H2,1H3. The van der Waals surface area contributed by atoms with Crippen LogP contribution in [-0.4, -0.2) is 26.3 Å². The minimum atomic E-state index is -0.482. The van der Waals surface area contributed by atoms with Crippen LogP contribution >= 0.6 is 11.6 Å². The molecular weight excluding hydrogens is 232 g/mol. The maximum atomic E-state index is 11.5. The molecule has 1 heterocycles. The molecule has 0 saturated carbocycles. The molecule has 2 rings (SSSR count). The molecule has 16 heavy (non-hydrogen) atoms. The highest BCUT2D eigenvalue weighted by Gasteiger charge is 2.21. The van der Waals surface area contributed by atoms with Gasteiger partial charge in [-0.25, -0.2) is 4.79 Å². The number of carbonyl (C=O) groups excluding carboxylic acids is 1. The second kappa shape index (κ2) is 4.61. The third kappa shape index (κ3) is 2.07. The third-order valence-corrected chi connectivity index (χ3v) is 2.44. The van der Waals surface area contributed by atoms with E-state index in [-0.39, 0.29) is 0 Å². The van der Waals surface area contributed by atoms with Gasteiger partial charge in [0.05, 0.1) is 20.3 Å². The van der Waals surface area contributed by atoms with E-state index in [0.717, 1.165) is 6.42 Å². The molecule has 0 unspecified atom stereocenters. The SMILES string of the molecule is COC(=O)c1cc(Cl)cc2c1OCCCO2. The predicted octanol–water partition coefficient (Wildman–Crippen LogP) is 2.29. The van der Waals surface area contributed by atoms with E-state index in [9.17, 15) is 4.79 Å². The number of halogens is 1. The molecule has 0 spiro atoms. The van der Waals surface area contributed by atoms with Gasteiger partial charge in [0.25, 0.3) is 0 Å². The molecule has 86 valence electrons. The smallest absolute Gasteiger partial charge is 0.341 e. The molecule has 0 N–H and O–H groups in total. The first-order chi connectivity index (χ1) is 7.72. The summed E-state index contributed by atoms with van der Waals surface area (Å²) in [7, 11) is 1.31. The van der Waals surface area contributed by atoms with Crippen LogP contribution in [0.15, 0.2) is 12.1 Å². The summed E-state index contributed by atoms with van der Waals surface area (Å²) in [6.45, 7) is 1.06. The molecule has 0 amide bonds. The number of hydrogen-bond donors (Lipinski definition) is 0. The molecule has 4 nitrogen and oxygen atoms in total. The van der Waals surface area contributed by atoms with Crippen molar-refractivity contribution in [3.8, 4) is 11.5 Å². The Morgan fingerprint density at radius 3 is 2.88 bits per heavy atom. The zero-order valence-corrected chi connectivity index (χ0v) is 9.54. The van der Waals surface area contributed by atoms with E-state index in [1.165, 1.54) is 13.2 Å². The van der Waals surface area contributed by atoms with E-state index < -0.39 is 5.97 Å². The average molecular weight is 243 g/mol. The van der Waals surface area contributed by atoms with Gasteiger partial charge in [0.1, 0.15) is 5.56 Å². The van der Waals surface area contributed by atoms with Crippen molar-refractivity contribution in [3.63, 3.8) is 0 Å². The molecule has 0 atom stereocenters. The van der Waals surface area contributed by atoms with Gasteiger partial charge in [-0.15, -0.1) is 0 Å². The van der Waals surface area contributed by atoms with Crippen molar-refractivity contribution < 1.29 is 19.0 Å². The van der Waals surface area contributed by atoms with Crippen LogP contribution in [0, 0.1) is 0 Å². The Morgan fingerprint density at radius 2 is 2.12 bits per heavy atom. The summed E-state index contributed by atoms with van der Waals surface area (Å²) in [6.07, 6.45) is 0.771. The van der Waals surface area contributed by atoms with E-state index in [4.69, 9.17) is 21.1 Å². The Bertz CT molecular complexity index is 417. The summed E-state index contributed by atoms with van der Waals surface area (Å²) >= 11 is 5.89. The van der Waals surface area contributed by atoms with E-state index in [0.29, 0.717) is 35.3 Å². The molecule has 5 heteroatoms. The number of rotatable bonds is 1. The second-order valence-corrected chi connectivity index (χ2v) is 3.76. The first-order valence-electron chi connectivity index (χ1n) is 4.90. The third-order valence-electron chi connectivity index (χ3n) is 2.22. The summed E-state index contributed by atoms with van der Waals surface area (Å²) in [4.78, 5) is 11.5. The van der Waals surface area contributed by atoms with Crippen LogP contribution in [0.4, 0.5) is 0 Å². The Balaban J connectivity index is 2.50. The molecular formula is C11H11ClO4. The molecule has 0 aromatic heterocycles. The number of methoxy groups -OCH3 is 1.